The van der Waals surface area contributed by atoms with Gasteiger partial charge in [-0.15, -0.1) is 0 Å². The number of anilines is 1. The maximum atomic E-state index is 13.6. The van der Waals surface area contributed by atoms with E-state index < -0.39 is 44.0 Å². The Hall–Kier alpha value is -0.724. The maximum absolute atomic E-state index is 13.6. The van der Waals surface area contributed by atoms with E-state index in [4.69, 9.17) is 4.74 Å². The molecule has 2 rings (SSSR count). The van der Waals surface area contributed by atoms with Crippen LogP contribution in [0.15, 0.2) is 29.2 Å². The van der Waals surface area contributed by atoms with Crippen molar-refractivity contribution in [3.05, 3.63) is 53.4 Å². The Balaban J connectivity index is 0.00000288. The first-order valence-electron chi connectivity index (χ1n) is 5.87. The molecule has 0 radical (unpaired) electrons. The fourth-order valence-corrected chi connectivity index (χ4v) is 2.89. The molecule has 1 N–H and O–H groups in total. The van der Waals surface area contributed by atoms with Crippen LogP contribution in [0, 0.1) is 29.1 Å². The summed E-state index contributed by atoms with van der Waals surface area (Å²) in [6.07, 6.45) is 0. The molecule has 0 aliphatic carbocycles. The van der Waals surface area contributed by atoms with Crippen molar-refractivity contribution in [2.45, 2.75) is 4.90 Å². The van der Waals surface area contributed by atoms with Crippen molar-refractivity contribution in [1.29, 1.82) is 0 Å². The normalized spacial score (nSPS) is 10.9. The van der Waals surface area contributed by atoms with Crippen LogP contribution in [0.1, 0.15) is 0 Å². The fraction of sp³-hybridized carbons (Fsp3) is 0.0769. The summed E-state index contributed by atoms with van der Waals surface area (Å²) in [6, 6.07) is 5.03. The molecule has 0 saturated carbocycles. The summed E-state index contributed by atoms with van der Waals surface area (Å²) in [5, 5.41) is 0. The summed E-state index contributed by atoms with van der Waals surface area (Å²) in [5.41, 5.74) is -0.158. The van der Waals surface area contributed by atoms with Gasteiger partial charge in [0.15, 0.2) is 28.2 Å². The molecule has 0 unspecified atom stereocenters. The number of hydrogen-bond donors (Lipinski definition) is 1. The van der Waals surface area contributed by atoms with Crippen LogP contribution in [0.5, 0.6) is 5.75 Å². The first-order valence-corrected chi connectivity index (χ1v) is 7.35. The molecule has 0 aromatic heterocycles. The summed E-state index contributed by atoms with van der Waals surface area (Å²) in [6.45, 7) is 0. The number of nitrogens with one attached hydrogen (secondary N) is 1. The van der Waals surface area contributed by atoms with Crippen molar-refractivity contribution in [2.24, 2.45) is 0 Å². The van der Waals surface area contributed by atoms with Gasteiger partial charge in [0.1, 0.15) is 5.75 Å². The molecule has 24 heavy (non-hydrogen) atoms. The number of halogens is 5. The van der Waals surface area contributed by atoms with Crippen molar-refractivity contribution in [2.75, 3.05) is 11.8 Å². The summed E-state index contributed by atoms with van der Waals surface area (Å²) in [5.74, 6) is -11.7. The van der Waals surface area contributed by atoms with Crippen molar-refractivity contribution >= 4 is 67.1 Å². The van der Waals surface area contributed by atoms with Crippen LogP contribution in [0.25, 0.3) is 0 Å². The second-order valence-electron chi connectivity index (χ2n) is 4.23. The van der Waals surface area contributed by atoms with Gasteiger partial charge in [-0.3, -0.25) is 4.72 Å². The van der Waals surface area contributed by atoms with Crippen LogP contribution in [0.4, 0.5) is 27.6 Å². The van der Waals surface area contributed by atoms with E-state index in [1.165, 1.54) is 31.4 Å². The van der Waals surface area contributed by atoms with Crippen LogP contribution in [-0.2, 0) is 10.0 Å². The molecular weight excluding hydrogens is 384 g/mol. The van der Waals surface area contributed by atoms with Gasteiger partial charge in [0.05, 0.1) is 7.11 Å². The third kappa shape index (κ3) is 4.08. The van der Waals surface area contributed by atoms with E-state index in [2.05, 4.69) is 0 Å². The molecule has 0 aliphatic rings. The van der Waals surface area contributed by atoms with E-state index in [0.717, 1.165) is 0 Å². The Morgan fingerprint density at radius 1 is 0.833 bits per heavy atom. The topological polar surface area (TPSA) is 55.4 Å². The van der Waals surface area contributed by atoms with E-state index in [0.29, 0.717) is 5.75 Å². The Morgan fingerprint density at radius 2 is 1.25 bits per heavy atom. The molecule has 0 fully saturated rings. The van der Waals surface area contributed by atoms with Crippen molar-refractivity contribution < 1.29 is 35.1 Å². The van der Waals surface area contributed by atoms with Crippen molar-refractivity contribution in [3.63, 3.8) is 0 Å². The zero-order valence-corrected chi connectivity index (χ0v) is 12.1. The van der Waals surface area contributed by atoms with Crippen LogP contribution >= 0.6 is 0 Å². The van der Waals surface area contributed by atoms with Gasteiger partial charge in [-0.1, -0.05) is 0 Å². The van der Waals surface area contributed by atoms with Gasteiger partial charge >= 0.3 is 51.4 Å². The first kappa shape index (κ1) is 21.3. The van der Waals surface area contributed by atoms with Crippen LogP contribution in [0.2, 0.25) is 0 Å². The van der Waals surface area contributed by atoms with E-state index in [1.54, 1.807) is 4.72 Å². The third-order valence-electron chi connectivity index (χ3n) is 2.78. The number of sulfonamides is 1. The minimum absolute atomic E-state index is 0. The summed E-state index contributed by atoms with van der Waals surface area (Å²) >= 11 is 0. The molecule has 0 atom stereocenters. The molecule has 11 heteroatoms. The molecule has 2 aromatic rings. The monoisotopic (exact) mass is 393 g/mol. The second-order valence-corrected chi connectivity index (χ2v) is 5.85. The minimum atomic E-state index is -5.04. The SMILES string of the molecule is COc1ccc(NS(=O)(=O)c2c(F)c(F)c(F)c(F)c2F)cc1.[KH]. The third-order valence-corrected chi connectivity index (χ3v) is 4.18. The van der Waals surface area contributed by atoms with Gasteiger partial charge < -0.3 is 4.74 Å². The Labute approximate surface area is 176 Å². The summed E-state index contributed by atoms with van der Waals surface area (Å²) < 4.78 is 96.7. The number of benzene rings is 2. The molecule has 2 aromatic carbocycles. The van der Waals surface area contributed by atoms with Gasteiger partial charge in [0.2, 0.25) is 5.82 Å². The van der Waals surface area contributed by atoms with Crippen molar-refractivity contribution in [3.8, 4) is 5.75 Å². The first-order chi connectivity index (χ1) is 10.7. The molecule has 4 nitrogen and oxygen atoms in total. The standard InChI is InChI=1S/C13H8F5NO3S.K.H/c1-22-7-4-2-6(3-5-7)19-23(20,21)13-11(17)9(15)8(14)10(16)12(13)18;;/h2-5,19H,1H3;;. The molecular formula is C13H9F5KNO3S. The van der Waals surface area contributed by atoms with Crippen LogP contribution < -0.4 is 9.46 Å². The van der Waals surface area contributed by atoms with Crippen molar-refractivity contribution in [1.82, 2.24) is 0 Å². The predicted octanol–water partition coefficient (Wildman–Crippen LogP) is 2.54. The Bertz CT molecular complexity index is 830. The van der Waals surface area contributed by atoms with Crippen LogP contribution in [-0.4, -0.2) is 66.9 Å². The van der Waals surface area contributed by atoms with Gasteiger partial charge in [0.25, 0.3) is 10.0 Å². The van der Waals surface area contributed by atoms with E-state index >= 15 is 0 Å². The number of methoxy groups -OCH3 is 1. The molecule has 0 spiro atoms. The molecule has 0 heterocycles. The van der Waals surface area contributed by atoms with Gasteiger partial charge in [-0.2, -0.15) is 0 Å². The summed E-state index contributed by atoms with van der Waals surface area (Å²) in [4.78, 5) is -1.95. The van der Waals surface area contributed by atoms with Gasteiger partial charge in [0, 0.05) is 5.69 Å². The van der Waals surface area contributed by atoms with E-state index in [1.807, 2.05) is 0 Å². The second kappa shape index (κ2) is 8.10. The molecule has 0 aliphatic heterocycles. The number of hydrogen-bond acceptors (Lipinski definition) is 3. The number of ether oxygens (including phenoxy) is 1. The van der Waals surface area contributed by atoms with Crippen LogP contribution in [0.3, 0.4) is 0 Å². The Kier molecular flexibility index (Phi) is 7.20. The van der Waals surface area contributed by atoms with Gasteiger partial charge in [-0.05, 0) is 24.3 Å². The number of rotatable bonds is 4. The zero-order chi connectivity index (χ0) is 17.4. The molecule has 126 valence electrons. The summed E-state index contributed by atoms with van der Waals surface area (Å²) in [7, 11) is -3.69. The average Bonchev–Trinajstić information content (AvgIpc) is 2.51. The molecule has 0 amide bonds. The Morgan fingerprint density at radius 3 is 1.67 bits per heavy atom. The van der Waals surface area contributed by atoms with E-state index in [9.17, 15) is 30.4 Å². The zero-order valence-electron chi connectivity index (χ0n) is 11.3. The average molecular weight is 393 g/mol. The molecule has 0 saturated heterocycles. The quantitative estimate of drug-likeness (QED) is 0.376. The predicted molar refractivity (Wildman–Crippen MR) is 77.2 cm³/mol. The molecule has 0 bridgehead atoms. The fourth-order valence-electron chi connectivity index (χ4n) is 1.69. The van der Waals surface area contributed by atoms with E-state index in [-0.39, 0.29) is 57.1 Å². The van der Waals surface area contributed by atoms with Gasteiger partial charge in [-0.25, -0.2) is 30.4 Å².